The number of carbonyl (C=O) groups is 2. The van der Waals surface area contributed by atoms with Crippen LogP contribution in [0.3, 0.4) is 0 Å². The summed E-state index contributed by atoms with van der Waals surface area (Å²) in [4.78, 5) is 22.0. The number of carboxylic acid groups (broad SMARTS) is 1. The van der Waals surface area contributed by atoms with Gasteiger partial charge in [0.25, 0.3) is 0 Å². The van der Waals surface area contributed by atoms with Gasteiger partial charge in [-0.05, 0) is 24.1 Å². The maximum absolute atomic E-state index is 12.9. The summed E-state index contributed by atoms with van der Waals surface area (Å²) >= 11 is 5.55. The third-order valence-corrected chi connectivity index (χ3v) is 2.50. The van der Waals surface area contributed by atoms with Gasteiger partial charge < -0.3 is 9.84 Å². The van der Waals surface area contributed by atoms with Gasteiger partial charge in [0.1, 0.15) is 5.82 Å². The van der Waals surface area contributed by atoms with E-state index in [0.717, 1.165) is 13.2 Å². The van der Waals surface area contributed by atoms with Gasteiger partial charge >= 0.3 is 11.9 Å². The summed E-state index contributed by atoms with van der Waals surface area (Å²) < 4.78 is 17.3. The zero-order valence-electron chi connectivity index (χ0n) is 8.94. The molecule has 0 aromatic heterocycles. The van der Waals surface area contributed by atoms with Gasteiger partial charge in [-0.2, -0.15) is 0 Å². The van der Waals surface area contributed by atoms with Gasteiger partial charge in [-0.15, -0.1) is 0 Å². The van der Waals surface area contributed by atoms with Crippen LogP contribution in [0.5, 0.6) is 0 Å². The van der Waals surface area contributed by atoms with Crippen LogP contribution in [-0.2, 0) is 20.7 Å². The maximum atomic E-state index is 12.9. The summed E-state index contributed by atoms with van der Waals surface area (Å²) in [6.45, 7) is 0. The molecular formula is C11H10ClFO4. The summed E-state index contributed by atoms with van der Waals surface area (Å²) in [5.41, 5.74) is 0.453. The molecule has 1 N–H and O–H groups in total. The van der Waals surface area contributed by atoms with E-state index >= 15 is 0 Å². The molecule has 0 fully saturated rings. The SMILES string of the molecule is COC(=O)C(Cc1ccc(F)c(Cl)c1)C(=O)O. The average molecular weight is 261 g/mol. The number of hydrogen-bond acceptors (Lipinski definition) is 3. The van der Waals surface area contributed by atoms with Crippen molar-refractivity contribution >= 4 is 23.5 Å². The molecule has 92 valence electrons. The maximum Gasteiger partial charge on any atom is 0.320 e. The molecule has 4 nitrogen and oxygen atoms in total. The first-order valence-corrected chi connectivity index (χ1v) is 5.08. The van der Waals surface area contributed by atoms with Gasteiger partial charge in [0.2, 0.25) is 0 Å². The molecule has 0 heterocycles. The van der Waals surface area contributed by atoms with Crippen molar-refractivity contribution in [2.24, 2.45) is 5.92 Å². The van der Waals surface area contributed by atoms with E-state index in [4.69, 9.17) is 16.7 Å². The van der Waals surface area contributed by atoms with E-state index in [-0.39, 0.29) is 11.4 Å². The Bertz CT molecular complexity index is 447. The Kier molecular flexibility index (Phi) is 4.45. The van der Waals surface area contributed by atoms with Crippen LogP contribution in [0.25, 0.3) is 0 Å². The number of esters is 1. The van der Waals surface area contributed by atoms with Gasteiger partial charge in [0.15, 0.2) is 5.92 Å². The first-order chi connectivity index (χ1) is 7.95. The van der Waals surface area contributed by atoms with Crippen molar-refractivity contribution in [3.8, 4) is 0 Å². The molecule has 0 saturated carbocycles. The van der Waals surface area contributed by atoms with E-state index in [1.54, 1.807) is 0 Å². The Balaban J connectivity index is 2.90. The van der Waals surface area contributed by atoms with E-state index in [0.29, 0.717) is 5.56 Å². The third-order valence-electron chi connectivity index (χ3n) is 2.21. The van der Waals surface area contributed by atoms with Crippen LogP contribution >= 0.6 is 11.6 Å². The lowest BCUT2D eigenvalue weighted by molar-refractivity contribution is -0.156. The molecule has 1 unspecified atom stereocenters. The van der Waals surface area contributed by atoms with Gasteiger partial charge in [0.05, 0.1) is 12.1 Å². The summed E-state index contributed by atoms with van der Waals surface area (Å²) in [5.74, 6) is -4.06. The van der Waals surface area contributed by atoms with Crippen LogP contribution in [0.15, 0.2) is 18.2 Å². The highest BCUT2D eigenvalue weighted by Gasteiger charge is 2.27. The highest BCUT2D eigenvalue weighted by molar-refractivity contribution is 6.30. The molecule has 0 aliphatic carbocycles. The quantitative estimate of drug-likeness (QED) is 0.663. The van der Waals surface area contributed by atoms with Crippen molar-refractivity contribution in [1.82, 2.24) is 0 Å². The Morgan fingerprint density at radius 2 is 2.18 bits per heavy atom. The lowest BCUT2D eigenvalue weighted by Crippen LogP contribution is -2.27. The molecule has 6 heteroatoms. The van der Waals surface area contributed by atoms with Crippen LogP contribution < -0.4 is 0 Å². The van der Waals surface area contributed by atoms with E-state index in [2.05, 4.69) is 4.74 Å². The second-order valence-electron chi connectivity index (χ2n) is 3.37. The molecule has 0 radical (unpaired) electrons. The third kappa shape index (κ3) is 3.42. The molecule has 1 aromatic carbocycles. The fourth-order valence-corrected chi connectivity index (χ4v) is 1.52. The van der Waals surface area contributed by atoms with E-state index in [9.17, 15) is 14.0 Å². The fourth-order valence-electron chi connectivity index (χ4n) is 1.32. The Morgan fingerprint density at radius 1 is 1.53 bits per heavy atom. The number of halogens is 2. The minimum atomic E-state index is -1.32. The summed E-state index contributed by atoms with van der Waals surface area (Å²) in [5, 5.41) is 8.74. The molecule has 0 saturated heterocycles. The lowest BCUT2D eigenvalue weighted by atomic mass is 9.99. The second-order valence-corrected chi connectivity index (χ2v) is 3.77. The summed E-state index contributed by atoms with van der Waals surface area (Å²) in [6.07, 6.45) is -0.0952. The molecule has 0 spiro atoms. The predicted octanol–water partition coefficient (Wildman–Crippen LogP) is 1.90. The number of aliphatic carboxylic acids is 1. The summed E-state index contributed by atoms with van der Waals surface area (Å²) in [7, 11) is 1.11. The number of carbonyl (C=O) groups excluding carboxylic acids is 1. The van der Waals surface area contributed by atoms with E-state index < -0.39 is 23.7 Å². The zero-order valence-corrected chi connectivity index (χ0v) is 9.70. The van der Waals surface area contributed by atoms with E-state index in [1.807, 2.05) is 0 Å². The number of hydrogen-bond donors (Lipinski definition) is 1. The zero-order chi connectivity index (χ0) is 13.0. The Labute approximate surface area is 102 Å². The molecule has 0 aliphatic rings. The van der Waals surface area contributed by atoms with Crippen molar-refractivity contribution in [1.29, 1.82) is 0 Å². The van der Waals surface area contributed by atoms with Crippen LogP contribution in [0, 0.1) is 11.7 Å². The number of rotatable bonds is 4. The van der Waals surface area contributed by atoms with Crippen molar-refractivity contribution in [3.63, 3.8) is 0 Å². The van der Waals surface area contributed by atoms with Gasteiger partial charge in [-0.25, -0.2) is 4.39 Å². The normalized spacial score (nSPS) is 11.9. The highest BCUT2D eigenvalue weighted by Crippen LogP contribution is 2.19. The molecule has 0 bridgehead atoms. The molecule has 0 aliphatic heterocycles. The molecule has 1 aromatic rings. The van der Waals surface area contributed by atoms with Crippen LogP contribution in [0.1, 0.15) is 5.56 Å². The number of methoxy groups -OCH3 is 1. The minimum absolute atomic E-state index is 0.0952. The number of ether oxygens (including phenoxy) is 1. The number of carboxylic acids is 1. The number of benzene rings is 1. The largest absolute Gasteiger partial charge is 0.481 e. The first kappa shape index (κ1) is 13.4. The van der Waals surface area contributed by atoms with Crippen LogP contribution in [0.2, 0.25) is 5.02 Å². The molecule has 17 heavy (non-hydrogen) atoms. The summed E-state index contributed by atoms with van der Waals surface area (Å²) in [6, 6.07) is 3.78. The monoisotopic (exact) mass is 260 g/mol. The molecular weight excluding hydrogens is 251 g/mol. The Hall–Kier alpha value is -1.62. The standard InChI is InChI=1S/C11H10ClFO4/c1-17-11(16)7(10(14)15)4-6-2-3-9(13)8(12)5-6/h2-3,5,7H,4H2,1H3,(H,14,15). The van der Waals surface area contributed by atoms with Crippen LogP contribution in [-0.4, -0.2) is 24.2 Å². The van der Waals surface area contributed by atoms with Gasteiger partial charge in [-0.3, -0.25) is 9.59 Å². The first-order valence-electron chi connectivity index (χ1n) is 4.70. The van der Waals surface area contributed by atoms with Crippen molar-refractivity contribution in [2.75, 3.05) is 7.11 Å². The predicted molar refractivity (Wildman–Crippen MR) is 58.3 cm³/mol. The highest BCUT2D eigenvalue weighted by atomic mass is 35.5. The van der Waals surface area contributed by atoms with Crippen molar-refractivity contribution in [2.45, 2.75) is 6.42 Å². The molecule has 1 rings (SSSR count). The van der Waals surface area contributed by atoms with Crippen molar-refractivity contribution < 1.29 is 23.8 Å². The fraction of sp³-hybridized carbons (Fsp3) is 0.273. The van der Waals surface area contributed by atoms with Gasteiger partial charge in [0, 0.05) is 0 Å². The second kappa shape index (κ2) is 5.63. The topological polar surface area (TPSA) is 63.6 Å². The van der Waals surface area contributed by atoms with Crippen molar-refractivity contribution in [3.05, 3.63) is 34.6 Å². The van der Waals surface area contributed by atoms with Crippen LogP contribution in [0.4, 0.5) is 4.39 Å². The smallest absolute Gasteiger partial charge is 0.320 e. The lowest BCUT2D eigenvalue weighted by Gasteiger charge is -2.10. The average Bonchev–Trinajstić information content (AvgIpc) is 2.29. The minimum Gasteiger partial charge on any atom is -0.481 e. The van der Waals surface area contributed by atoms with Gasteiger partial charge in [-0.1, -0.05) is 17.7 Å². The molecule has 0 amide bonds. The Morgan fingerprint density at radius 3 is 2.65 bits per heavy atom. The molecule has 1 atom stereocenters. The van der Waals surface area contributed by atoms with E-state index in [1.165, 1.54) is 12.1 Å².